The van der Waals surface area contributed by atoms with Gasteiger partial charge in [0.1, 0.15) is 0 Å². The molecule has 0 aromatic rings. The average Bonchev–Trinajstić information content (AvgIpc) is 2.19. The maximum Gasteiger partial charge on any atom is 0.0681 e. The van der Waals surface area contributed by atoms with Crippen LogP contribution in [0.3, 0.4) is 0 Å². The van der Waals surface area contributed by atoms with Gasteiger partial charge in [0.25, 0.3) is 0 Å². The molecule has 0 aromatic heterocycles. The summed E-state index contributed by atoms with van der Waals surface area (Å²) < 4.78 is 0. The summed E-state index contributed by atoms with van der Waals surface area (Å²) in [4.78, 5) is 0. The average molecular weight is 199 g/mol. The zero-order valence-electron chi connectivity index (χ0n) is 8.71. The first-order valence-electron chi connectivity index (χ1n) is 5.74. The fourth-order valence-corrected chi connectivity index (χ4v) is 2.29. The fourth-order valence-electron chi connectivity index (χ4n) is 2.29. The van der Waals surface area contributed by atoms with Crippen molar-refractivity contribution in [2.24, 2.45) is 0 Å². The van der Waals surface area contributed by atoms with Gasteiger partial charge in [-0.05, 0) is 32.2 Å². The summed E-state index contributed by atoms with van der Waals surface area (Å²) in [6.45, 7) is 4.08. The second kappa shape index (κ2) is 5.07. The van der Waals surface area contributed by atoms with E-state index in [2.05, 4.69) is 15.8 Å². The van der Waals surface area contributed by atoms with Crippen LogP contribution >= 0.6 is 0 Å². The van der Waals surface area contributed by atoms with Crippen LogP contribution in [-0.4, -0.2) is 48.4 Å². The van der Waals surface area contributed by atoms with Gasteiger partial charge < -0.3 is 10.4 Å². The van der Waals surface area contributed by atoms with E-state index in [0.29, 0.717) is 6.04 Å². The van der Waals surface area contributed by atoms with Crippen molar-refractivity contribution >= 4 is 0 Å². The van der Waals surface area contributed by atoms with Gasteiger partial charge in [-0.2, -0.15) is 0 Å². The molecule has 82 valence electrons. The van der Waals surface area contributed by atoms with E-state index >= 15 is 0 Å². The van der Waals surface area contributed by atoms with Gasteiger partial charge in [-0.1, -0.05) is 0 Å². The van der Waals surface area contributed by atoms with E-state index in [0.717, 1.165) is 39.0 Å². The topological polar surface area (TPSA) is 47.5 Å². The molecule has 2 rings (SSSR count). The zero-order chi connectivity index (χ0) is 9.80. The molecule has 2 atom stereocenters. The highest BCUT2D eigenvalue weighted by Gasteiger charge is 2.21. The lowest BCUT2D eigenvalue weighted by molar-refractivity contribution is 0.0286. The molecule has 0 amide bonds. The van der Waals surface area contributed by atoms with Crippen LogP contribution < -0.4 is 10.7 Å². The lowest BCUT2D eigenvalue weighted by atomic mass is 10.1. The van der Waals surface area contributed by atoms with Crippen LogP contribution in [0.5, 0.6) is 0 Å². The second-order valence-corrected chi connectivity index (χ2v) is 4.41. The summed E-state index contributed by atoms with van der Waals surface area (Å²) in [5, 5.41) is 15.1. The first-order valence-corrected chi connectivity index (χ1v) is 5.74. The summed E-state index contributed by atoms with van der Waals surface area (Å²) in [7, 11) is 0. The van der Waals surface area contributed by atoms with Crippen LogP contribution in [0.15, 0.2) is 0 Å². The Morgan fingerprint density at radius 2 is 2.21 bits per heavy atom. The minimum atomic E-state index is -0.132. The van der Waals surface area contributed by atoms with E-state index < -0.39 is 0 Å². The fraction of sp³-hybridized carbons (Fsp3) is 1.00. The number of rotatable bonds is 2. The maximum atomic E-state index is 9.51. The molecule has 2 fully saturated rings. The number of hydrogen-bond acceptors (Lipinski definition) is 4. The van der Waals surface area contributed by atoms with Crippen molar-refractivity contribution in [2.45, 2.75) is 37.8 Å². The SMILES string of the molecule is OC1CCCN(NC2CCCNC2)C1. The Balaban J connectivity index is 1.72. The van der Waals surface area contributed by atoms with E-state index in [-0.39, 0.29) is 6.10 Å². The highest BCUT2D eigenvalue weighted by molar-refractivity contribution is 4.76. The maximum absolute atomic E-state index is 9.51. The molecule has 2 aliphatic heterocycles. The summed E-state index contributed by atoms with van der Waals surface area (Å²) in [6.07, 6.45) is 4.44. The van der Waals surface area contributed by atoms with Gasteiger partial charge in [0.15, 0.2) is 0 Å². The van der Waals surface area contributed by atoms with Gasteiger partial charge in [-0.25, -0.2) is 5.01 Å². The van der Waals surface area contributed by atoms with Crippen LogP contribution in [0, 0.1) is 0 Å². The molecule has 0 saturated carbocycles. The van der Waals surface area contributed by atoms with E-state index in [9.17, 15) is 5.11 Å². The minimum Gasteiger partial charge on any atom is -0.392 e. The molecule has 0 radical (unpaired) electrons. The predicted molar refractivity (Wildman–Crippen MR) is 55.8 cm³/mol. The van der Waals surface area contributed by atoms with Crippen molar-refractivity contribution in [3.8, 4) is 0 Å². The van der Waals surface area contributed by atoms with E-state index in [1.54, 1.807) is 0 Å². The zero-order valence-corrected chi connectivity index (χ0v) is 8.71. The minimum absolute atomic E-state index is 0.132. The number of hydrazine groups is 1. The molecule has 0 bridgehead atoms. The Bertz CT molecular complexity index is 171. The van der Waals surface area contributed by atoms with Crippen LogP contribution in [0.2, 0.25) is 0 Å². The normalized spacial score (nSPS) is 35.8. The Morgan fingerprint density at radius 3 is 2.93 bits per heavy atom. The van der Waals surface area contributed by atoms with Crippen LogP contribution in [-0.2, 0) is 0 Å². The van der Waals surface area contributed by atoms with E-state index in [1.165, 1.54) is 12.8 Å². The molecule has 0 aliphatic carbocycles. The molecule has 4 nitrogen and oxygen atoms in total. The molecule has 3 N–H and O–H groups in total. The largest absolute Gasteiger partial charge is 0.392 e. The Labute approximate surface area is 85.6 Å². The summed E-state index contributed by atoms with van der Waals surface area (Å²) >= 11 is 0. The smallest absolute Gasteiger partial charge is 0.0681 e. The molecule has 2 aliphatic rings. The first kappa shape index (κ1) is 10.4. The molecule has 2 saturated heterocycles. The Hall–Kier alpha value is -0.160. The molecule has 0 aromatic carbocycles. The lowest BCUT2D eigenvalue weighted by Gasteiger charge is -2.35. The number of β-amino-alcohol motifs (C(OH)–C–C–N with tert-alkyl or cyclic N) is 1. The van der Waals surface area contributed by atoms with Crippen LogP contribution in [0.1, 0.15) is 25.7 Å². The number of aliphatic hydroxyl groups excluding tert-OH is 1. The third kappa shape index (κ3) is 2.92. The van der Waals surface area contributed by atoms with E-state index in [1.807, 2.05) is 0 Å². The van der Waals surface area contributed by atoms with Gasteiger partial charge in [-0.3, -0.25) is 5.43 Å². The van der Waals surface area contributed by atoms with Crippen molar-refractivity contribution in [2.75, 3.05) is 26.2 Å². The first-order chi connectivity index (χ1) is 6.84. The van der Waals surface area contributed by atoms with Gasteiger partial charge in [-0.15, -0.1) is 0 Å². The number of nitrogens with zero attached hydrogens (tertiary/aromatic N) is 1. The van der Waals surface area contributed by atoms with Gasteiger partial charge in [0.2, 0.25) is 0 Å². The predicted octanol–water partition coefficient (Wildman–Crippen LogP) is -0.300. The highest BCUT2D eigenvalue weighted by atomic mass is 16.3. The molecule has 14 heavy (non-hydrogen) atoms. The van der Waals surface area contributed by atoms with Crippen molar-refractivity contribution in [1.29, 1.82) is 0 Å². The summed E-state index contributed by atoms with van der Waals surface area (Å²) in [5.74, 6) is 0. The van der Waals surface area contributed by atoms with Crippen molar-refractivity contribution < 1.29 is 5.11 Å². The number of aliphatic hydroxyl groups is 1. The Morgan fingerprint density at radius 1 is 1.29 bits per heavy atom. The van der Waals surface area contributed by atoms with Crippen LogP contribution in [0.25, 0.3) is 0 Å². The standard InChI is InChI=1S/C10H21N3O/c14-10-4-2-6-13(8-10)12-9-3-1-5-11-7-9/h9-12,14H,1-8H2. The van der Waals surface area contributed by atoms with Gasteiger partial charge in [0, 0.05) is 25.7 Å². The van der Waals surface area contributed by atoms with Crippen molar-refractivity contribution in [3.05, 3.63) is 0 Å². The lowest BCUT2D eigenvalue weighted by Crippen LogP contribution is -2.54. The van der Waals surface area contributed by atoms with Crippen molar-refractivity contribution in [1.82, 2.24) is 15.8 Å². The van der Waals surface area contributed by atoms with Crippen molar-refractivity contribution in [3.63, 3.8) is 0 Å². The van der Waals surface area contributed by atoms with Gasteiger partial charge in [0.05, 0.1) is 6.10 Å². The second-order valence-electron chi connectivity index (χ2n) is 4.41. The number of piperidine rings is 2. The third-order valence-electron chi connectivity index (χ3n) is 3.06. The molecule has 2 unspecified atom stereocenters. The Kier molecular flexibility index (Phi) is 3.75. The van der Waals surface area contributed by atoms with Crippen LogP contribution in [0.4, 0.5) is 0 Å². The summed E-state index contributed by atoms with van der Waals surface area (Å²) in [6, 6.07) is 0.564. The molecular formula is C10H21N3O. The highest BCUT2D eigenvalue weighted by Crippen LogP contribution is 2.09. The van der Waals surface area contributed by atoms with Gasteiger partial charge >= 0.3 is 0 Å². The molecule has 0 spiro atoms. The molecule has 4 heteroatoms. The summed E-state index contributed by atoms with van der Waals surface area (Å²) in [5.41, 5.74) is 3.50. The monoisotopic (exact) mass is 199 g/mol. The quantitative estimate of drug-likeness (QED) is 0.571. The molecule has 2 heterocycles. The number of hydrogen-bond donors (Lipinski definition) is 3. The van der Waals surface area contributed by atoms with E-state index in [4.69, 9.17) is 0 Å². The third-order valence-corrected chi connectivity index (χ3v) is 3.06. The molecular weight excluding hydrogens is 178 g/mol. The number of nitrogens with one attached hydrogen (secondary N) is 2.